The number of nitrogens with zero attached hydrogens (tertiary/aromatic N) is 2. The SMILES string of the molecule is CCC(=O)OCCC1CCN(C(=O)C(CCCN=C(N)N)NS(=O)(=O)c2cccc3c2NCCC3)CC1. The third kappa shape index (κ3) is 8.32. The summed E-state index contributed by atoms with van der Waals surface area (Å²) in [5.74, 6) is -0.148. The first-order chi connectivity index (χ1) is 17.7. The van der Waals surface area contributed by atoms with Gasteiger partial charge in [-0.1, -0.05) is 19.1 Å². The number of carbonyl (C=O) groups excluding carboxylic acids is 2. The van der Waals surface area contributed by atoms with Crippen LogP contribution in [-0.4, -0.2) is 70.0 Å². The van der Waals surface area contributed by atoms with Crippen molar-refractivity contribution in [2.24, 2.45) is 22.4 Å². The number of para-hydroxylation sites is 1. The number of nitrogens with two attached hydrogens (primary N) is 2. The molecule has 0 aliphatic carbocycles. The van der Waals surface area contributed by atoms with Gasteiger partial charge in [0, 0.05) is 32.6 Å². The molecular weight excluding hydrogens is 496 g/mol. The molecule has 2 aliphatic heterocycles. The van der Waals surface area contributed by atoms with Crippen molar-refractivity contribution in [3.8, 4) is 0 Å². The van der Waals surface area contributed by atoms with E-state index in [4.69, 9.17) is 16.2 Å². The summed E-state index contributed by atoms with van der Waals surface area (Å²) in [4.78, 5) is 30.7. The van der Waals surface area contributed by atoms with Gasteiger partial charge in [-0.05, 0) is 62.5 Å². The Morgan fingerprint density at radius 3 is 2.73 bits per heavy atom. The number of aryl methyl sites for hydroxylation is 1. The highest BCUT2D eigenvalue weighted by Gasteiger charge is 2.32. The van der Waals surface area contributed by atoms with Gasteiger partial charge in [0.25, 0.3) is 0 Å². The minimum absolute atomic E-state index is 0.0443. The van der Waals surface area contributed by atoms with Gasteiger partial charge in [0.2, 0.25) is 15.9 Å². The van der Waals surface area contributed by atoms with Gasteiger partial charge in [-0.2, -0.15) is 4.72 Å². The zero-order valence-electron chi connectivity index (χ0n) is 21.6. The molecule has 0 aromatic heterocycles. The quantitative estimate of drug-likeness (QED) is 0.134. The normalized spacial score (nSPS) is 16.8. The number of benzene rings is 1. The summed E-state index contributed by atoms with van der Waals surface area (Å²) in [6.07, 6.45) is 5.12. The molecule has 0 saturated carbocycles. The van der Waals surface area contributed by atoms with Crippen LogP contribution in [0, 0.1) is 5.92 Å². The summed E-state index contributed by atoms with van der Waals surface area (Å²) in [6, 6.07) is 4.29. The fourth-order valence-corrected chi connectivity index (χ4v) is 6.24. The first kappa shape index (κ1) is 28.7. The highest BCUT2D eigenvalue weighted by Crippen LogP contribution is 2.30. The number of anilines is 1. The molecule has 1 atom stereocenters. The minimum atomic E-state index is -3.97. The van der Waals surface area contributed by atoms with Gasteiger partial charge in [0.05, 0.1) is 12.3 Å². The molecule has 12 heteroatoms. The van der Waals surface area contributed by atoms with Gasteiger partial charge in [-0.15, -0.1) is 0 Å². The van der Waals surface area contributed by atoms with Crippen molar-refractivity contribution in [1.29, 1.82) is 0 Å². The number of hydrogen-bond acceptors (Lipinski definition) is 7. The summed E-state index contributed by atoms with van der Waals surface area (Å²) in [5.41, 5.74) is 12.4. The molecule has 37 heavy (non-hydrogen) atoms. The topological polar surface area (TPSA) is 169 Å². The van der Waals surface area contributed by atoms with E-state index in [1.807, 2.05) is 6.07 Å². The van der Waals surface area contributed by atoms with Crippen LogP contribution >= 0.6 is 0 Å². The number of sulfonamides is 1. The first-order valence-corrected chi connectivity index (χ1v) is 14.6. The zero-order chi connectivity index (χ0) is 26.8. The molecule has 2 aliphatic rings. The first-order valence-electron chi connectivity index (χ1n) is 13.1. The maximum absolute atomic E-state index is 13.5. The second kappa shape index (κ2) is 13.6. The Morgan fingerprint density at radius 1 is 1.27 bits per heavy atom. The van der Waals surface area contributed by atoms with E-state index in [0.29, 0.717) is 57.2 Å². The fraction of sp³-hybridized carbons (Fsp3) is 0.640. The maximum Gasteiger partial charge on any atom is 0.305 e. The van der Waals surface area contributed by atoms with Crippen LogP contribution in [0.25, 0.3) is 0 Å². The standard InChI is InChI=1S/C25H40N6O5S/c1-2-22(32)36-17-12-18-10-15-31(16-11-18)24(33)20(8-5-14-29-25(26)27)30-37(34,35)21-9-3-6-19-7-4-13-28-23(19)21/h3,6,9,18,20,28,30H,2,4-5,7-8,10-17H2,1H3,(H4,26,27,29). The number of ether oxygens (including phenoxy) is 1. The number of amides is 1. The predicted octanol–water partition coefficient (Wildman–Crippen LogP) is 1.33. The van der Waals surface area contributed by atoms with Gasteiger partial charge in [0.15, 0.2) is 5.96 Å². The number of carbonyl (C=O) groups is 2. The van der Waals surface area contributed by atoms with Crippen LogP contribution in [0.5, 0.6) is 0 Å². The molecule has 11 nitrogen and oxygen atoms in total. The van der Waals surface area contributed by atoms with Gasteiger partial charge >= 0.3 is 5.97 Å². The Bertz CT molecular complexity index is 1070. The van der Waals surface area contributed by atoms with Gasteiger partial charge in [0.1, 0.15) is 10.9 Å². The van der Waals surface area contributed by atoms with Crippen LogP contribution in [0.3, 0.4) is 0 Å². The molecule has 1 amide bonds. The number of esters is 1. The van der Waals surface area contributed by atoms with Crippen LogP contribution < -0.4 is 21.5 Å². The molecule has 0 spiro atoms. The van der Waals surface area contributed by atoms with Gasteiger partial charge < -0.3 is 26.4 Å². The number of nitrogens with one attached hydrogen (secondary N) is 2. The van der Waals surface area contributed by atoms with Crippen LogP contribution in [-0.2, 0) is 30.8 Å². The molecule has 1 saturated heterocycles. The molecule has 0 radical (unpaired) electrons. The Balaban J connectivity index is 1.67. The van der Waals surface area contributed by atoms with E-state index in [-0.39, 0.29) is 29.2 Å². The average molecular weight is 537 g/mol. The lowest BCUT2D eigenvalue weighted by molar-refractivity contribution is -0.143. The van der Waals surface area contributed by atoms with Crippen molar-refractivity contribution in [3.63, 3.8) is 0 Å². The summed E-state index contributed by atoms with van der Waals surface area (Å²) in [5, 5.41) is 3.21. The number of rotatable bonds is 12. The van der Waals surface area contributed by atoms with Gasteiger partial charge in [-0.25, -0.2) is 8.42 Å². The number of likely N-dealkylation sites (tertiary alicyclic amines) is 1. The van der Waals surface area contributed by atoms with Crippen molar-refractivity contribution in [2.75, 3.05) is 38.1 Å². The third-order valence-corrected chi connectivity index (χ3v) is 8.39. The molecule has 3 rings (SSSR count). The summed E-state index contributed by atoms with van der Waals surface area (Å²) in [6.45, 7) is 4.20. The number of aliphatic imine (C=N–C) groups is 1. The number of piperidine rings is 1. The lowest BCUT2D eigenvalue weighted by atomic mass is 9.93. The number of fused-ring (bicyclic) bond motifs is 1. The highest BCUT2D eigenvalue weighted by atomic mass is 32.2. The molecule has 2 heterocycles. The highest BCUT2D eigenvalue weighted by molar-refractivity contribution is 7.89. The Morgan fingerprint density at radius 2 is 2.03 bits per heavy atom. The van der Waals surface area contributed by atoms with E-state index in [2.05, 4.69) is 15.0 Å². The molecule has 1 aromatic carbocycles. The second-order valence-electron chi connectivity index (χ2n) is 9.57. The fourth-order valence-electron chi connectivity index (χ4n) is 4.79. The minimum Gasteiger partial charge on any atom is -0.466 e. The smallest absolute Gasteiger partial charge is 0.305 e. The van der Waals surface area contributed by atoms with Crippen molar-refractivity contribution >= 4 is 33.5 Å². The van der Waals surface area contributed by atoms with Crippen molar-refractivity contribution < 1.29 is 22.7 Å². The van der Waals surface area contributed by atoms with Crippen LogP contribution in [0.4, 0.5) is 5.69 Å². The number of guanidine groups is 1. The average Bonchev–Trinajstić information content (AvgIpc) is 2.89. The molecule has 0 bridgehead atoms. The van der Waals surface area contributed by atoms with Crippen LogP contribution in [0.15, 0.2) is 28.1 Å². The predicted molar refractivity (Wildman–Crippen MR) is 142 cm³/mol. The monoisotopic (exact) mass is 536 g/mol. The van der Waals surface area contributed by atoms with Crippen LogP contribution in [0.2, 0.25) is 0 Å². The molecule has 1 fully saturated rings. The van der Waals surface area contributed by atoms with E-state index in [9.17, 15) is 18.0 Å². The lowest BCUT2D eigenvalue weighted by Gasteiger charge is -2.34. The number of hydrogen-bond donors (Lipinski definition) is 4. The van der Waals surface area contributed by atoms with E-state index in [1.165, 1.54) is 0 Å². The molecule has 206 valence electrons. The molecular formula is C25H40N6O5S. The van der Waals surface area contributed by atoms with E-state index < -0.39 is 16.1 Å². The van der Waals surface area contributed by atoms with Crippen LogP contribution in [0.1, 0.15) is 57.4 Å². The Labute approximate surface area is 219 Å². The molecule has 1 aromatic rings. The van der Waals surface area contributed by atoms with Crippen molar-refractivity contribution in [3.05, 3.63) is 23.8 Å². The Kier molecular flexibility index (Phi) is 10.6. The lowest BCUT2D eigenvalue weighted by Crippen LogP contribution is -2.50. The van der Waals surface area contributed by atoms with E-state index in [0.717, 1.165) is 37.7 Å². The maximum atomic E-state index is 13.5. The summed E-state index contributed by atoms with van der Waals surface area (Å²) in [7, 11) is -3.97. The van der Waals surface area contributed by atoms with Crippen molar-refractivity contribution in [2.45, 2.75) is 69.2 Å². The largest absolute Gasteiger partial charge is 0.466 e. The van der Waals surface area contributed by atoms with Gasteiger partial charge in [-0.3, -0.25) is 14.6 Å². The second-order valence-corrected chi connectivity index (χ2v) is 11.3. The molecule has 6 N–H and O–H groups in total. The Hall–Kier alpha value is -2.86. The summed E-state index contributed by atoms with van der Waals surface area (Å²) >= 11 is 0. The zero-order valence-corrected chi connectivity index (χ0v) is 22.4. The molecule has 1 unspecified atom stereocenters. The summed E-state index contributed by atoms with van der Waals surface area (Å²) < 4.78 is 34.8. The van der Waals surface area contributed by atoms with E-state index in [1.54, 1.807) is 24.0 Å². The van der Waals surface area contributed by atoms with Crippen molar-refractivity contribution in [1.82, 2.24) is 9.62 Å². The van der Waals surface area contributed by atoms with E-state index >= 15 is 0 Å². The third-order valence-electron chi connectivity index (χ3n) is 6.87.